The van der Waals surface area contributed by atoms with Crippen molar-refractivity contribution in [3.63, 3.8) is 0 Å². The van der Waals surface area contributed by atoms with Crippen LogP contribution in [0.25, 0.3) is 0 Å². The molecule has 10 heteroatoms. The molecule has 0 radical (unpaired) electrons. The number of anilines is 2. The van der Waals surface area contributed by atoms with E-state index in [9.17, 15) is 14.4 Å². The van der Waals surface area contributed by atoms with E-state index in [1.54, 1.807) is 27.8 Å². The van der Waals surface area contributed by atoms with Gasteiger partial charge in [-0.15, -0.1) is 0 Å². The normalized spacial score (nSPS) is 11.3. The highest BCUT2D eigenvalue weighted by molar-refractivity contribution is 6.10. The third-order valence-corrected chi connectivity index (χ3v) is 3.36. The van der Waals surface area contributed by atoms with Gasteiger partial charge in [0.15, 0.2) is 5.82 Å². The summed E-state index contributed by atoms with van der Waals surface area (Å²) in [6, 6.07) is 0. The molecule has 0 aliphatic rings. The van der Waals surface area contributed by atoms with Gasteiger partial charge in [-0.25, -0.2) is 14.6 Å². The molecular weight excluding hydrogens is 342 g/mol. The first-order valence-corrected chi connectivity index (χ1v) is 7.67. The van der Waals surface area contributed by atoms with Crippen molar-refractivity contribution >= 4 is 29.4 Å². The second kappa shape index (κ2) is 6.54. The zero-order valence-electron chi connectivity index (χ0n) is 15.2. The second-order valence-corrected chi connectivity index (χ2v) is 6.74. The van der Waals surface area contributed by atoms with Gasteiger partial charge in [-0.1, -0.05) is 0 Å². The van der Waals surface area contributed by atoms with E-state index in [1.165, 1.54) is 28.6 Å². The lowest BCUT2D eigenvalue weighted by molar-refractivity contribution is 0.00704. The average Bonchev–Trinajstić information content (AvgIpc) is 2.97. The second-order valence-electron chi connectivity index (χ2n) is 6.74. The standard InChI is InChI=1S/C16H21N5O5/c1-16(2,3)26-15(25)8-6-20(4)11(10(8)17)13(22)19-9-7-21(5)12(18-9)14(23)24/h6-7H,17H2,1-5H3,(H,19,22)(H,23,24). The van der Waals surface area contributed by atoms with Crippen LogP contribution in [0.4, 0.5) is 11.5 Å². The van der Waals surface area contributed by atoms with Crippen LogP contribution in [0.2, 0.25) is 0 Å². The Balaban J connectivity index is 2.29. The number of aromatic carboxylic acids is 1. The molecule has 2 rings (SSSR count). The molecular formula is C16H21N5O5. The van der Waals surface area contributed by atoms with Crippen molar-refractivity contribution < 1.29 is 24.2 Å². The first-order valence-electron chi connectivity index (χ1n) is 7.67. The summed E-state index contributed by atoms with van der Waals surface area (Å²) in [4.78, 5) is 39.6. The van der Waals surface area contributed by atoms with Crippen LogP contribution >= 0.6 is 0 Å². The molecule has 0 bridgehead atoms. The van der Waals surface area contributed by atoms with Crippen LogP contribution in [0.5, 0.6) is 0 Å². The highest BCUT2D eigenvalue weighted by atomic mass is 16.6. The predicted molar refractivity (Wildman–Crippen MR) is 93.1 cm³/mol. The fourth-order valence-corrected chi connectivity index (χ4v) is 2.32. The number of amides is 1. The van der Waals surface area contributed by atoms with Gasteiger partial charge in [0.1, 0.15) is 16.9 Å². The Kier molecular flexibility index (Phi) is 4.79. The summed E-state index contributed by atoms with van der Waals surface area (Å²) in [6.45, 7) is 5.16. The number of nitrogens with zero attached hydrogens (tertiary/aromatic N) is 3. The monoisotopic (exact) mass is 363 g/mol. The van der Waals surface area contributed by atoms with Crippen LogP contribution in [0.1, 0.15) is 52.2 Å². The minimum absolute atomic E-state index is 0.0337. The fraction of sp³-hybridized carbons (Fsp3) is 0.375. The Morgan fingerprint density at radius 2 is 1.81 bits per heavy atom. The summed E-state index contributed by atoms with van der Waals surface area (Å²) < 4.78 is 7.93. The lowest BCUT2D eigenvalue weighted by Gasteiger charge is -2.19. The Morgan fingerprint density at radius 3 is 2.31 bits per heavy atom. The average molecular weight is 363 g/mol. The molecule has 0 saturated carbocycles. The van der Waals surface area contributed by atoms with Crippen molar-refractivity contribution in [1.29, 1.82) is 0 Å². The molecule has 0 atom stereocenters. The van der Waals surface area contributed by atoms with Crippen LogP contribution in [-0.2, 0) is 18.8 Å². The van der Waals surface area contributed by atoms with Gasteiger partial charge in [0.05, 0.1) is 5.69 Å². The summed E-state index contributed by atoms with van der Waals surface area (Å²) in [5, 5.41) is 11.5. The molecule has 4 N–H and O–H groups in total. The predicted octanol–water partition coefficient (Wildman–Crippen LogP) is 1.25. The highest BCUT2D eigenvalue weighted by Crippen LogP contribution is 2.23. The summed E-state index contributed by atoms with van der Waals surface area (Å²) in [7, 11) is 3.05. The molecule has 0 aliphatic carbocycles. The molecule has 26 heavy (non-hydrogen) atoms. The van der Waals surface area contributed by atoms with Gasteiger partial charge < -0.3 is 30.0 Å². The first kappa shape index (κ1) is 19.0. The van der Waals surface area contributed by atoms with Crippen molar-refractivity contribution in [2.45, 2.75) is 26.4 Å². The van der Waals surface area contributed by atoms with E-state index < -0.39 is 23.4 Å². The van der Waals surface area contributed by atoms with Crippen LogP contribution in [0.15, 0.2) is 12.4 Å². The first-order chi connectivity index (χ1) is 11.9. The molecule has 1 amide bonds. The number of nitrogens with one attached hydrogen (secondary N) is 1. The van der Waals surface area contributed by atoms with Crippen molar-refractivity contribution in [2.75, 3.05) is 11.1 Å². The van der Waals surface area contributed by atoms with E-state index in [0.29, 0.717) is 0 Å². The molecule has 0 spiro atoms. The van der Waals surface area contributed by atoms with E-state index >= 15 is 0 Å². The Bertz CT molecular complexity index is 888. The van der Waals surface area contributed by atoms with E-state index in [1.807, 2.05) is 0 Å². The van der Waals surface area contributed by atoms with Gasteiger partial charge >= 0.3 is 11.9 Å². The third-order valence-electron chi connectivity index (χ3n) is 3.36. The molecule has 140 valence electrons. The summed E-state index contributed by atoms with van der Waals surface area (Å²) in [6.07, 6.45) is 2.76. The maximum absolute atomic E-state index is 12.5. The number of ether oxygens (including phenoxy) is 1. The van der Waals surface area contributed by atoms with Gasteiger partial charge in [0, 0.05) is 26.5 Å². The molecule has 10 nitrogen and oxygen atoms in total. The number of aromatic nitrogens is 3. The number of nitrogen functional groups attached to an aromatic ring is 1. The maximum atomic E-state index is 12.5. The molecule has 0 fully saturated rings. The molecule has 0 aromatic carbocycles. The Morgan fingerprint density at radius 1 is 1.19 bits per heavy atom. The van der Waals surface area contributed by atoms with Crippen molar-refractivity contribution in [1.82, 2.24) is 14.1 Å². The molecule has 0 aliphatic heterocycles. The Labute approximate surface area is 149 Å². The van der Waals surface area contributed by atoms with Gasteiger partial charge in [-0.2, -0.15) is 0 Å². The highest BCUT2D eigenvalue weighted by Gasteiger charge is 2.26. The van der Waals surface area contributed by atoms with Gasteiger partial charge in [-0.3, -0.25) is 4.79 Å². The number of hydrogen-bond donors (Lipinski definition) is 3. The van der Waals surface area contributed by atoms with Crippen molar-refractivity contribution in [3.05, 3.63) is 29.5 Å². The van der Waals surface area contributed by atoms with Crippen LogP contribution in [0.3, 0.4) is 0 Å². The lowest BCUT2D eigenvalue weighted by atomic mass is 10.2. The molecule has 2 heterocycles. The van der Waals surface area contributed by atoms with Crippen molar-refractivity contribution in [2.24, 2.45) is 14.1 Å². The number of carboxylic acids is 1. The Hall–Kier alpha value is -3.30. The summed E-state index contributed by atoms with van der Waals surface area (Å²) >= 11 is 0. The number of rotatable bonds is 4. The number of carbonyl (C=O) groups is 3. The summed E-state index contributed by atoms with van der Waals surface area (Å²) in [5.74, 6) is -2.67. The van der Waals surface area contributed by atoms with Crippen LogP contribution in [-0.4, -0.2) is 42.7 Å². The largest absolute Gasteiger partial charge is 0.475 e. The molecule has 0 unspecified atom stereocenters. The minimum atomic E-state index is -1.22. The van der Waals surface area contributed by atoms with Crippen LogP contribution < -0.4 is 11.1 Å². The van der Waals surface area contributed by atoms with E-state index in [2.05, 4.69) is 10.3 Å². The zero-order valence-corrected chi connectivity index (χ0v) is 15.2. The number of esters is 1. The number of carboxylic acid groups (broad SMARTS) is 1. The zero-order chi connectivity index (χ0) is 19.8. The van der Waals surface area contributed by atoms with E-state index in [4.69, 9.17) is 15.6 Å². The van der Waals surface area contributed by atoms with Crippen LogP contribution in [0, 0.1) is 0 Å². The number of carbonyl (C=O) groups excluding carboxylic acids is 2. The number of aryl methyl sites for hydroxylation is 2. The molecule has 2 aromatic rings. The van der Waals surface area contributed by atoms with E-state index in [0.717, 1.165) is 0 Å². The number of imidazole rings is 1. The lowest BCUT2D eigenvalue weighted by Crippen LogP contribution is -2.24. The van der Waals surface area contributed by atoms with Gasteiger partial charge in [0.25, 0.3) is 5.91 Å². The topological polar surface area (TPSA) is 141 Å². The minimum Gasteiger partial charge on any atom is -0.475 e. The van der Waals surface area contributed by atoms with Crippen molar-refractivity contribution in [3.8, 4) is 0 Å². The SMILES string of the molecule is Cn1cc(NC(=O)c2c(N)c(C(=O)OC(C)(C)C)cn2C)nc1C(=O)O. The smallest absolute Gasteiger partial charge is 0.372 e. The van der Waals surface area contributed by atoms with Gasteiger partial charge in [-0.05, 0) is 20.8 Å². The molecule has 0 saturated heterocycles. The third kappa shape index (κ3) is 3.85. The summed E-state index contributed by atoms with van der Waals surface area (Å²) in [5.41, 5.74) is 5.33. The maximum Gasteiger partial charge on any atom is 0.372 e. The van der Waals surface area contributed by atoms with E-state index in [-0.39, 0.29) is 28.6 Å². The number of hydrogen-bond acceptors (Lipinski definition) is 6. The quantitative estimate of drug-likeness (QED) is 0.694. The fourth-order valence-electron chi connectivity index (χ4n) is 2.32. The molecule has 2 aromatic heterocycles. The number of nitrogens with two attached hydrogens (primary N) is 1. The van der Waals surface area contributed by atoms with Gasteiger partial charge in [0.2, 0.25) is 5.82 Å².